The Balaban J connectivity index is 1.11. The molecule has 0 amide bonds. The lowest BCUT2D eigenvalue weighted by molar-refractivity contribution is -0.832. The molecule has 0 N–H and O–H groups in total. The number of nitrogens with zero attached hydrogens (tertiary/aromatic N) is 3. The molecule has 4 rings (SSSR count). The third kappa shape index (κ3) is 9.26. The second kappa shape index (κ2) is 16.6. The lowest BCUT2D eigenvalue weighted by Gasteiger charge is -2.44. The lowest BCUT2D eigenvalue weighted by Crippen LogP contribution is -2.36. The minimum Gasteiger partial charge on any atom is -0.462 e. The summed E-state index contributed by atoms with van der Waals surface area (Å²) in [5.41, 5.74) is 2.21. The number of halogens is 1. The molecule has 0 radical (unpaired) electrons. The van der Waals surface area contributed by atoms with Crippen LogP contribution >= 0.6 is 11.6 Å². The SMILES string of the molecule is C=C[C@]1(C)CC[C@@H](C(=C)CN2CC[C@H](OC(=O)CCCC(=O)OCCOc3no[n+]([O-])c3S(=O)(=O)c3ccccc3)C2)C[C@H]1C(=C)CCl. The van der Waals surface area contributed by atoms with Crippen LogP contribution in [0.3, 0.4) is 0 Å². The molecule has 2 aromatic rings. The van der Waals surface area contributed by atoms with Crippen LogP contribution in [0, 0.1) is 22.5 Å². The van der Waals surface area contributed by atoms with Gasteiger partial charge in [-0.25, -0.2) is 8.42 Å². The maximum atomic E-state index is 12.8. The third-order valence-electron chi connectivity index (χ3n) is 9.21. The van der Waals surface area contributed by atoms with Gasteiger partial charge in [-0.2, -0.15) is 0 Å². The standard InChI is InChI=1S/C34H44ClN3O9S/c1-5-34(4)16-14-26(20-29(34)24(2)21-35)25(3)22-37-17-15-27(23-37)46-31(40)13-9-12-30(39)44-18-19-45-32-33(38(41)47-36-32)48(42,43)28-10-7-6-8-11-28/h5-8,10-11,26-27,29H,1-3,9,12-23H2,4H3/t26-,27+,29+,34-/m1/s1. The topological polar surface area (TPSA) is 152 Å². The number of hydrogen-bond acceptors (Lipinski definition) is 11. The highest BCUT2D eigenvalue weighted by atomic mass is 35.5. The zero-order valence-electron chi connectivity index (χ0n) is 27.3. The van der Waals surface area contributed by atoms with Crippen LogP contribution in [0.1, 0.15) is 51.9 Å². The number of likely N-dealkylation sites (tertiary alicyclic amines) is 1. The van der Waals surface area contributed by atoms with Crippen molar-refractivity contribution < 1.29 is 41.7 Å². The van der Waals surface area contributed by atoms with E-state index in [1.807, 2.05) is 6.08 Å². The Labute approximate surface area is 286 Å². The smallest absolute Gasteiger partial charge is 0.415 e. The number of benzene rings is 1. The lowest BCUT2D eigenvalue weighted by atomic mass is 9.61. The van der Waals surface area contributed by atoms with Crippen LogP contribution in [-0.4, -0.2) is 75.2 Å². The van der Waals surface area contributed by atoms with E-state index < -0.39 is 26.7 Å². The van der Waals surface area contributed by atoms with Crippen molar-refractivity contribution in [1.82, 2.24) is 10.1 Å². The number of aromatic nitrogens is 2. The first-order valence-corrected chi connectivity index (χ1v) is 18.0. The van der Waals surface area contributed by atoms with Gasteiger partial charge >= 0.3 is 22.8 Å². The van der Waals surface area contributed by atoms with Gasteiger partial charge in [-0.3, -0.25) is 19.1 Å². The summed E-state index contributed by atoms with van der Waals surface area (Å²) in [6.45, 7) is 16.6. The maximum absolute atomic E-state index is 12.8. The Morgan fingerprint density at radius 3 is 2.60 bits per heavy atom. The minimum absolute atomic E-state index is 0.0110. The Morgan fingerprint density at radius 2 is 1.90 bits per heavy atom. The highest BCUT2D eigenvalue weighted by molar-refractivity contribution is 7.91. The number of alkyl halides is 1. The van der Waals surface area contributed by atoms with Crippen molar-refractivity contribution in [2.75, 3.05) is 38.7 Å². The van der Waals surface area contributed by atoms with Crippen molar-refractivity contribution in [3.05, 3.63) is 72.5 Å². The van der Waals surface area contributed by atoms with Gasteiger partial charge in [-0.05, 0) is 66.4 Å². The predicted molar refractivity (Wildman–Crippen MR) is 177 cm³/mol. The largest absolute Gasteiger partial charge is 0.462 e. The number of sulfone groups is 1. The van der Waals surface area contributed by atoms with Crippen molar-refractivity contribution in [2.24, 2.45) is 17.3 Å². The predicted octanol–water partition coefficient (Wildman–Crippen LogP) is 4.81. The van der Waals surface area contributed by atoms with Crippen LogP contribution in [0.5, 0.6) is 5.88 Å². The van der Waals surface area contributed by atoms with Crippen molar-refractivity contribution in [3.8, 4) is 5.88 Å². The van der Waals surface area contributed by atoms with Crippen LogP contribution in [0.25, 0.3) is 0 Å². The normalized spacial score (nSPS) is 22.9. The van der Waals surface area contributed by atoms with Gasteiger partial charge in [0.25, 0.3) is 9.84 Å². The van der Waals surface area contributed by atoms with Crippen molar-refractivity contribution in [1.29, 1.82) is 0 Å². The van der Waals surface area contributed by atoms with Gasteiger partial charge in [-0.15, -0.1) is 18.2 Å². The Morgan fingerprint density at radius 1 is 1.17 bits per heavy atom. The molecular weight excluding hydrogens is 662 g/mol. The third-order valence-corrected chi connectivity index (χ3v) is 11.3. The molecule has 0 bridgehead atoms. The zero-order chi connectivity index (χ0) is 34.9. The molecule has 0 spiro atoms. The Bertz CT molecular complexity index is 1580. The number of esters is 2. The van der Waals surface area contributed by atoms with E-state index >= 15 is 0 Å². The Kier molecular flexibility index (Phi) is 12.9. The van der Waals surface area contributed by atoms with Gasteiger partial charge in [0, 0.05) is 38.4 Å². The van der Waals surface area contributed by atoms with Crippen LogP contribution in [-0.2, 0) is 28.9 Å². The summed E-state index contributed by atoms with van der Waals surface area (Å²) in [7, 11) is -4.26. The molecule has 1 aliphatic heterocycles. The van der Waals surface area contributed by atoms with E-state index in [1.54, 1.807) is 6.07 Å². The summed E-state index contributed by atoms with van der Waals surface area (Å²) in [4.78, 5) is 26.5. The quantitative estimate of drug-likeness (QED) is 0.0733. The molecule has 1 saturated heterocycles. The molecule has 2 aliphatic rings. The van der Waals surface area contributed by atoms with Gasteiger partial charge < -0.3 is 19.4 Å². The summed E-state index contributed by atoms with van der Waals surface area (Å²) in [5, 5.41) is 14.5. The van der Waals surface area contributed by atoms with Crippen LogP contribution in [0.2, 0.25) is 0 Å². The first kappa shape index (κ1) is 37.1. The van der Waals surface area contributed by atoms with Gasteiger partial charge in [0.2, 0.25) is 0 Å². The van der Waals surface area contributed by atoms with E-state index in [2.05, 4.69) is 41.3 Å². The van der Waals surface area contributed by atoms with E-state index in [0.717, 1.165) is 44.3 Å². The fourth-order valence-electron chi connectivity index (χ4n) is 6.35. The molecule has 14 heteroatoms. The summed E-state index contributed by atoms with van der Waals surface area (Å²) in [6, 6.07) is 7.27. The van der Waals surface area contributed by atoms with Gasteiger partial charge in [-0.1, -0.05) is 55.5 Å². The molecule has 262 valence electrons. The summed E-state index contributed by atoms with van der Waals surface area (Å²) in [6.07, 6.45) is 5.85. The van der Waals surface area contributed by atoms with Crippen LogP contribution < -0.4 is 9.64 Å². The first-order valence-electron chi connectivity index (χ1n) is 16.0. The molecule has 1 aliphatic carbocycles. The number of ether oxygens (including phenoxy) is 3. The molecule has 12 nitrogen and oxygen atoms in total. The molecule has 2 fully saturated rings. The van der Waals surface area contributed by atoms with Crippen LogP contribution in [0.4, 0.5) is 0 Å². The number of hydrogen-bond donors (Lipinski definition) is 0. The van der Waals surface area contributed by atoms with Gasteiger partial charge in [0.15, 0.2) is 0 Å². The van der Waals surface area contributed by atoms with E-state index in [4.69, 9.17) is 25.8 Å². The summed E-state index contributed by atoms with van der Waals surface area (Å²) in [5.74, 6) is -0.414. The van der Waals surface area contributed by atoms with Crippen molar-refractivity contribution >= 4 is 33.4 Å². The molecular formula is C34H44ClN3O9S. The Hall–Kier alpha value is -3.68. The molecule has 2 heterocycles. The first-order chi connectivity index (χ1) is 22.9. The van der Waals surface area contributed by atoms with Crippen molar-refractivity contribution in [2.45, 2.75) is 67.9 Å². The second-order valence-corrected chi connectivity index (χ2v) is 14.7. The van der Waals surface area contributed by atoms with Gasteiger partial charge in [0.05, 0.1) is 10.1 Å². The monoisotopic (exact) mass is 705 g/mol. The molecule has 48 heavy (non-hydrogen) atoms. The average Bonchev–Trinajstić information content (AvgIpc) is 3.68. The van der Waals surface area contributed by atoms with Crippen molar-refractivity contribution in [3.63, 3.8) is 0 Å². The fourth-order valence-corrected chi connectivity index (χ4v) is 7.83. The molecule has 1 saturated carbocycles. The highest BCUT2D eigenvalue weighted by Crippen LogP contribution is 2.49. The second-order valence-electron chi connectivity index (χ2n) is 12.6. The number of carbonyl (C=O) groups is 2. The van der Waals surface area contributed by atoms with E-state index in [0.29, 0.717) is 18.3 Å². The molecule has 1 aromatic heterocycles. The average molecular weight is 706 g/mol. The molecule has 0 unspecified atom stereocenters. The van der Waals surface area contributed by atoms with Gasteiger partial charge in [0.1, 0.15) is 19.3 Å². The van der Waals surface area contributed by atoms with Crippen LogP contribution in [0.15, 0.2) is 81.8 Å². The number of allylic oxidation sites excluding steroid dienone is 2. The highest BCUT2D eigenvalue weighted by Gasteiger charge is 2.40. The zero-order valence-corrected chi connectivity index (χ0v) is 28.9. The summed E-state index contributed by atoms with van der Waals surface area (Å²) >= 11 is 6.15. The number of rotatable bonds is 17. The van der Waals surface area contributed by atoms with E-state index in [1.165, 1.54) is 29.8 Å². The van der Waals surface area contributed by atoms with E-state index in [-0.39, 0.29) is 65.7 Å². The summed E-state index contributed by atoms with van der Waals surface area (Å²) < 4.78 is 46.0. The van der Waals surface area contributed by atoms with E-state index in [9.17, 15) is 23.2 Å². The molecule has 1 aromatic carbocycles. The minimum atomic E-state index is -4.26. The molecule has 4 atom stereocenters. The fraction of sp³-hybridized carbons (Fsp3) is 0.529. The number of carbonyl (C=O) groups excluding carboxylic acids is 2. The maximum Gasteiger partial charge on any atom is 0.415 e.